The molecule has 0 radical (unpaired) electrons. The SMILES string of the molecule is C[C@@H](c1ccc(Cl)cc1)n1cnc(-c2ccccc2)c1-c1c(C(=O)Nc2cccnc2N2CCC(NC(=O)C3CC3)CC2)[nH]c2cc(Cl)ccc12. The molecular formula is C40H37Cl2N7O2. The zero-order valence-electron chi connectivity index (χ0n) is 28.1. The molecule has 2 fully saturated rings. The minimum absolute atomic E-state index is 0.141. The number of aromatic nitrogens is 4. The van der Waals surface area contributed by atoms with Crippen molar-refractivity contribution in [1.29, 1.82) is 0 Å². The fourth-order valence-corrected chi connectivity index (χ4v) is 7.33. The van der Waals surface area contributed by atoms with Crippen LogP contribution in [-0.2, 0) is 4.79 Å². The van der Waals surface area contributed by atoms with Crippen molar-refractivity contribution in [3.8, 4) is 22.5 Å². The summed E-state index contributed by atoms with van der Waals surface area (Å²) in [7, 11) is 0. The van der Waals surface area contributed by atoms with Crippen molar-refractivity contribution >= 4 is 57.4 Å². The number of nitrogens with zero attached hydrogens (tertiary/aromatic N) is 4. The van der Waals surface area contributed by atoms with Crippen molar-refractivity contribution < 1.29 is 9.59 Å². The highest BCUT2D eigenvalue weighted by atomic mass is 35.5. The second kappa shape index (κ2) is 13.9. The van der Waals surface area contributed by atoms with Gasteiger partial charge in [-0.25, -0.2) is 9.97 Å². The van der Waals surface area contributed by atoms with E-state index in [2.05, 4.69) is 32.0 Å². The molecule has 8 rings (SSSR count). The highest BCUT2D eigenvalue weighted by Crippen LogP contribution is 2.42. The average molecular weight is 719 g/mol. The Bertz CT molecular complexity index is 2220. The standard InChI is InChI=1S/C40H37Cl2N7O2/c1-24(25-11-13-28(41)14-12-25)49-23-44-35(26-6-3-2-4-7-26)37(49)34-31-16-15-29(42)22-33(31)46-36(34)40(51)47-32-8-5-19-43-38(32)48-20-17-30(18-21-48)45-39(50)27-9-10-27/h2-8,11-16,19,22-24,27,30,46H,9-10,17-18,20-21H2,1H3,(H,45,50)(H,47,51)/t24-/m0/s1. The van der Waals surface area contributed by atoms with E-state index < -0.39 is 0 Å². The molecule has 4 heterocycles. The predicted molar refractivity (Wildman–Crippen MR) is 204 cm³/mol. The van der Waals surface area contributed by atoms with Crippen LogP contribution in [0.1, 0.15) is 54.7 Å². The lowest BCUT2D eigenvalue weighted by Gasteiger charge is -2.34. The quantitative estimate of drug-likeness (QED) is 0.139. The van der Waals surface area contributed by atoms with Crippen LogP contribution in [0.4, 0.5) is 11.5 Å². The van der Waals surface area contributed by atoms with Gasteiger partial charge >= 0.3 is 0 Å². The Morgan fingerprint density at radius 2 is 1.63 bits per heavy atom. The maximum absolute atomic E-state index is 14.6. The van der Waals surface area contributed by atoms with Gasteiger partial charge in [0.1, 0.15) is 5.69 Å². The van der Waals surface area contributed by atoms with Crippen molar-refractivity contribution in [3.05, 3.63) is 119 Å². The minimum atomic E-state index is -0.316. The molecule has 1 saturated carbocycles. The molecule has 3 N–H and O–H groups in total. The minimum Gasteiger partial charge on any atom is -0.355 e. The first-order valence-electron chi connectivity index (χ1n) is 17.3. The topological polar surface area (TPSA) is 108 Å². The number of imidazole rings is 1. The fraction of sp³-hybridized carbons (Fsp3) is 0.250. The van der Waals surface area contributed by atoms with Crippen molar-refractivity contribution in [2.75, 3.05) is 23.3 Å². The molecule has 1 aliphatic carbocycles. The number of rotatable bonds is 9. The largest absolute Gasteiger partial charge is 0.355 e. The normalized spacial score (nSPS) is 15.5. The summed E-state index contributed by atoms with van der Waals surface area (Å²) in [5.74, 6) is 0.747. The Hall–Kier alpha value is -5.12. The van der Waals surface area contributed by atoms with Crippen LogP contribution in [0.5, 0.6) is 0 Å². The number of benzene rings is 3. The lowest BCUT2D eigenvalue weighted by molar-refractivity contribution is -0.123. The molecule has 3 aromatic heterocycles. The van der Waals surface area contributed by atoms with Crippen molar-refractivity contribution in [2.24, 2.45) is 5.92 Å². The molecule has 11 heteroatoms. The average Bonchev–Trinajstić information content (AvgIpc) is 3.82. The molecule has 2 aliphatic rings. The number of hydrogen-bond acceptors (Lipinski definition) is 5. The molecule has 258 valence electrons. The summed E-state index contributed by atoms with van der Waals surface area (Å²) in [4.78, 5) is 42.2. The highest BCUT2D eigenvalue weighted by Gasteiger charge is 2.33. The lowest BCUT2D eigenvalue weighted by atomic mass is 9.99. The number of amides is 2. The van der Waals surface area contributed by atoms with E-state index in [1.54, 1.807) is 6.20 Å². The number of nitrogens with one attached hydrogen (secondary N) is 3. The van der Waals surface area contributed by atoms with Gasteiger partial charge in [-0.1, -0.05) is 71.7 Å². The molecule has 6 aromatic rings. The van der Waals surface area contributed by atoms with Crippen molar-refractivity contribution in [2.45, 2.75) is 44.7 Å². The van der Waals surface area contributed by atoms with Crippen LogP contribution in [0.2, 0.25) is 10.0 Å². The number of hydrogen-bond donors (Lipinski definition) is 3. The molecule has 0 spiro atoms. The first kappa shape index (κ1) is 33.0. The summed E-state index contributed by atoms with van der Waals surface area (Å²) < 4.78 is 2.11. The Labute approximate surface area is 306 Å². The van der Waals surface area contributed by atoms with Crippen molar-refractivity contribution in [3.63, 3.8) is 0 Å². The van der Waals surface area contributed by atoms with Gasteiger partial charge in [-0.05, 0) is 74.6 Å². The van der Waals surface area contributed by atoms with Crippen molar-refractivity contribution in [1.82, 2.24) is 24.8 Å². The lowest BCUT2D eigenvalue weighted by Crippen LogP contribution is -2.45. The van der Waals surface area contributed by atoms with E-state index >= 15 is 0 Å². The van der Waals surface area contributed by atoms with E-state index in [1.165, 1.54) is 0 Å². The Kier molecular flexibility index (Phi) is 9.00. The van der Waals surface area contributed by atoms with Gasteiger partial charge in [0.15, 0.2) is 5.82 Å². The molecular weight excluding hydrogens is 681 g/mol. The summed E-state index contributed by atoms with van der Waals surface area (Å²) in [6.45, 7) is 3.54. The summed E-state index contributed by atoms with van der Waals surface area (Å²) in [5.41, 5.74) is 5.95. The van der Waals surface area contributed by atoms with Crippen LogP contribution in [-0.4, -0.2) is 50.5 Å². The van der Waals surface area contributed by atoms with Gasteiger partial charge in [0.05, 0.1) is 29.4 Å². The Morgan fingerprint density at radius 1 is 0.882 bits per heavy atom. The third-order valence-electron chi connectivity index (χ3n) is 9.96. The van der Waals surface area contributed by atoms with Gasteiger partial charge in [0.2, 0.25) is 5.91 Å². The number of anilines is 2. The van der Waals surface area contributed by atoms with E-state index in [4.69, 9.17) is 33.2 Å². The van der Waals surface area contributed by atoms with Crippen LogP contribution >= 0.6 is 23.2 Å². The first-order chi connectivity index (χ1) is 24.8. The molecule has 1 atom stereocenters. The van der Waals surface area contributed by atoms with Gasteiger partial charge in [-0.15, -0.1) is 0 Å². The molecule has 3 aromatic carbocycles. The molecule has 1 aliphatic heterocycles. The molecule has 0 unspecified atom stereocenters. The molecule has 0 bridgehead atoms. The van der Waals surface area contributed by atoms with Crippen LogP contribution in [0.3, 0.4) is 0 Å². The second-order valence-electron chi connectivity index (χ2n) is 13.4. The first-order valence-corrected chi connectivity index (χ1v) is 18.1. The number of fused-ring (bicyclic) bond motifs is 1. The Morgan fingerprint density at radius 3 is 2.37 bits per heavy atom. The van der Waals surface area contributed by atoms with E-state index in [9.17, 15) is 9.59 Å². The third kappa shape index (κ3) is 6.71. The van der Waals surface area contributed by atoms with E-state index in [1.807, 2.05) is 91.3 Å². The van der Waals surface area contributed by atoms with Crippen LogP contribution < -0.4 is 15.5 Å². The number of pyridine rings is 1. The predicted octanol–water partition coefficient (Wildman–Crippen LogP) is 8.76. The Balaban J connectivity index is 1.18. The number of carbonyl (C=O) groups is 2. The van der Waals surface area contributed by atoms with Gasteiger partial charge in [0, 0.05) is 63.3 Å². The highest BCUT2D eigenvalue weighted by molar-refractivity contribution is 6.31. The third-order valence-corrected chi connectivity index (χ3v) is 10.4. The number of piperidine rings is 1. The van der Waals surface area contributed by atoms with Gasteiger partial charge in [0.25, 0.3) is 5.91 Å². The monoisotopic (exact) mass is 717 g/mol. The summed E-state index contributed by atoms with van der Waals surface area (Å²) in [6, 6.07) is 27.1. The van der Waals surface area contributed by atoms with Gasteiger partial charge < -0.3 is 25.1 Å². The molecule has 2 amide bonds. The number of carbonyl (C=O) groups excluding carboxylic acids is 2. The van der Waals surface area contributed by atoms with Gasteiger partial charge in [-0.2, -0.15) is 0 Å². The van der Waals surface area contributed by atoms with E-state index in [0.717, 1.165) is 59.1 Å². The maximum atomic E-state index is 14.6. The molecule has 9 nitrogen and oxygen atoms in total. The van der Waals surface area contributed by atoms with Crippen LogP contribution in [0, 0.1) is 5.92 Å². The fourth-order valence-electron chi connectivity index (χ4n) is 7.03. The van der Waals surface area contributed by atoms with Crippen LogP contribution in [0.25, 0.3) is 33.4 Å². The number of H-pyrrole nitrogens is 1. The number of halogens is 2. The zero-order chi connectivity index (χ0) is 35.1. The number of aromatic amines is 1. The second-order valence-corrected chi connectivity index (χ2v) is 14.3. The smallest absolute Gasteiger partial charge is 0.272 e. The maximum Gasteiger partial charge on any atom is 0.272 e. The summed E-state index contributed by atoms with van der Waals surface area (Å²) in [6.07, 6.45) is 7.18. The van der Waals surface area contributed by atoms with E-state index in [-0.39, 0.29) is 29.8 Å². The molecule has 51 heavy (non-hydrogen) atoms. The molecule has 1 saturated heterocycles. The van der Waals surface area contributed by atoms with Crippen LogP contribution in [0.15, 0.2) is 97.5 Å². The summed E-state index contributed by atoms with van der Waals surface area (Å²) >= 11 is 12.7. The van der Waals surface area contributed by atoms with Gasteiger partial charge in [-0.3, -0.25) is 9.59 Å². The zero-order valence-corrected chi connectivity index (χ0v) is 29.6. The van der Waals surface area contributed by atoms with E-state index in [0.29, 0.717) is 45.9 Å². The summed E-state index contributed by atoms with van der Waals surface area (Å²) in [5, 5.41) is 8.47.